The molecule has 0 saturated heterocycles. The number of nitrogens with one attached hydrogen (secondary N) is 1. The molecular formula is C17H19ClN8. The van der Waals surface area contributed by atoms with Gasteiger partial charge >= 0.3 is 0 Å². The summed E-state index contributed by atoms with van der Waals surface area (Å²) in [4.78, 5) is 8.79. The molecule has 0 spiro atoms. The molecule has 26 heavy (non-hydrogen) atoms. The van der Waals surface area contributed by atoms with E-state index in [1.54, 1.807) is 6.33 Å². The lowest BCUT2D eigenvalue weighted by atomic mass is 10.3. The minimum Gasteiger partial charge on any atom is -0.324 e. The highest BCUT2D eigenvalue weighted by Gasteiger charge is 2.16. The molecule has 0 bridgehead atoms. The monoisotopic (exact) mass is 370 g/mol. The average molecular weight is 371 g/mol. The molecule has 4 aromatic heterocycles. The first-order chi connectivity index (χ1) is 12.4. The Morgan fingerprint density at radius 2 is 2.15 bits per heavy atom. The zero-order chi connectivity index (χ0) is 16.6. The molecule has 1 aliphatic rings. The highest BCUT2D eigenvalue weighted by Crippen LogP contribution is 2.20. The van der Waals surface area contributed by atoms with Gasteiger partial charge in [0, 0.05) is 25.5 Å². The van der Waals surface area contributed by atoms with E-state index in [1.807, 2.05) is 29.0 Å². The lowest BCUT2D eigenvalue weighted by Crippen LogP contribution is -2.11. The summed E-state index contributed by atoms with van der Waals surface area (Å²) in [6.07, 6.45) is 6.47. The summed E-state index contributed by atoms with van der Waals surface area (Å²) >= 11 is 0. The first kappa shape index (κ1) is 16.7. The van der Waals surface area contributed by atoms with Crippen LogP contribution in [0.5, 0.6) is 0 Å². The molecular weight excluding hydrogens is 352 g/mol. The van der Waals surface area contributed by atoms with Crippen molar-refractivity contribution in [2.45, 2.75) is 26.1 Å². The van der Waals surface area contributed by atoms with Gasteiger partial charge < -0.3 is 9.88 Å². The molecule has 4 aromatic rings. The van der Waals surface area contributed by atoms with Crippen molar-refractivity contribution in [1.29, 1.82) is 0 Å². The maximum absolute atomic E-state index is 4.77. The average Bonchev–Trinajstić information content (AvgIpc) is 3.33. The van der Waals surface area contributed by atoms with E-state index in [0.29, 0.717) is 6.54 Å². The lowest BCUT2D eigenvalue weighted by molar-refractivity contribution is 0.587. The molecule has 8 nitrogen and oxygen atoms in total. The number of pyridine rings is 1. The Hall–Kier alpha value is -2.71. The molecule has 134 valence electrons. The Morgan fingerprint density at radius 3 is 3.12 bits per heavy atom. The van der Waals surface area contributed by atoms with Crippen molar-refractivity contribution in [3.63, 3.8) is 0 Å². The molecule has 0 radical (unpaired) electrons. The Balaban J connectivity index is 0.00000168. The van der Waals surface area contributed by atoms with Gasteiger partial charge in [-0.05, 0) is 31.2 Å². The Kier molecular flexibility index (Phi) is 4.44. The van der Waals surface area contributed by atoms with Crippen LogP contribution in [0, 0.1) is 0 Å². The number of hydrogen-bond donors (Lipinski definition) is 1. The Labute approximate surface area is 156 Å². The van der Waals surface area contributed by atoms with Crippen LogP contribution in [0.25, 0.3) is 17.2 Å². The highest BCUT2D eigenvalue weighted by molar-refractivity contribution is 5.85. The van der Waals surface area contributed by atoms with E-state index >= 15 is 0 Å². The second kappa shape index (κ2) is 6.89. The van der Waals surface area contributed by atoms with E-state index in [1.165, 1.54) is 5.69 Å². The van der Waals surface area contributed by atoms with Crippen molar-refractivity contribution < 1.29 is 0 Å². The molecule has 0 amide bonds. The standard InChI is InChI=1S/C17H18N8.ClH/c1-3-13(25-16(4-1)20-12-21-25)11-23-8-6-19-17(23)15-9-14-10-18-5-2-7-24(14)22-15;/h1,3-4,6,8-9,12,18H,2,5,7,10-11H2;1H. The Bertz CT molecular complexity index is 1010. The molecule has 0 unspecified atom stereocenters. The summed E-state index contributed by atoms with van der Waals surface area (Å²) in [5.41, 5.74) is 4.02. The van der Waals surface area contributed by atoms with Crippen LogP contribution in [0.4, 0.5) is 0 Å². The van der Waals surface area contributed by atoms with Crippen LogP contribution in [0.15, 0.2) is 43.0 Å². The molecule has 0 atom stereocenters. The first-order valence-electron chi connectivity index (χ1n) is 8.45. The molecule has 5 heterocycles. The number of halogens is 1. The molecule has 9 heteroatoms. The van der Waals surface area contributed by atoms with Crippen LogP contribution in [-0.4, -0.2) is 40.5 Å². The fourth-order valence-electron chi connectivity index (χ4n) is 3.34. The summed E-state index contributed by atoms with van der Waals surface area (Å²) in [7, 11) is 0. The minimum absolute atomic E-state index is 0. The van der Waals surface area contributed by atoms with Crippen molar-refractivity contribution in [2.24, 2.45) is 0 Å². The largest absolute Gasteiger partial charge is 0.324 e. The van der Waals surface area contributed by atoms with E-state index in [0.717, 1.165) is 48.9 Å². The molecule has 1 N–H and O–H groups in total. The maximum atomic E-state index is 4.77. The second-order valence-corrected chi connectivity index (χ2v) is 6.20. The topological polar surface area (TPSA) is 77.9 Å². The van der Waals surface area contributed by atoms with Crippen LogP contribution < -0.4 is 5.32 Å². The van der Waals surface area contributed by atoms with Crippen LogP contribution in [0.1, 0.15) is 17.8 Å². The van der Waals surface area contributed by atoms with Gasteiger partial charge in [-0.3, -0.25) is 4.68 Å². The van der Waals surface area contributed by atoms with Crippen molar-refractivity contribution in [2.75, 3.05) is 6.54 Å². The van der Waals surface area contributed by atoms with Gasteiger partial charge in [0.25, 0.3) is 0 Å². The van der Waals surface area contributed by atoms with Crippen LogP contribution in [0.3, 0.4) is 0 Å². The van der Waals surface area contributed by atoms with E-state index in [4.69, 9.17) is 5.10 Å². The van der Waals surface area contributed by atoms with Gasteiger partial charge in [-0.2, -0.15) is 10.2 Å². The molecule has 0 aliphatic carbocycles. The van der Waals surface area contributed by atoms with Crippen molar-refractivity contribution >= 4 is 18.1 Å². The van der Waals surface area contributed by atoms with Gasteiger partial charge in [0.05, 0.1) is 17.9 Å². The first-order valence-corrected chi connectivity index (χ1v) is 8.45. The second-order valence-electron chi connectivity index (χ2n) is 6.20. The third-order valence-electron chi connectivity index (χ3n) is 4.55. The summed E-state index contributed by atoms with van der Waals surface area (Å²) in [5.74, 6) is 0.873. The molecule has 0 saturated carbocycles. The number of aromatic nitrogens is 7. The SMILES string of the molecule is Cl.c1cc(Cn2ccnc2-c2cc3n(n2)CCCNC3)n2ncnc2c1. The third-order valence-corrected chi connectivity index (χ3v) is 4.55. The quantitative estimate of drug-likeness (QED) is 0.594. The van der Waals surface area contributed by atoms with Gasteiger partial charge in [-0.25, -0.2) is 14.5 Å². The fraction of sp³-hybridized carbons (Fsp3) is 0.294. The van der Waals surface area contributed by atoms with Gasteiger partial charge in [0.15, 0.2) is 11.5 Å². The fourth-order valence-corrected chi connectivity index (χ4v) is 3.34. The van der Waals surface area contributed by atoms with E-state index in [9.17, 15) is 0 Å². The predicted octanol–water partition coefficient (Wildman–Crippen LogP) is 1.75. The smallest absolute Gasteiger partial charge is 0.160 e. The molecule has 5 rings (SSSR count). The van der Waals surface area contributed by atoms with Crippen molar-refractivity contribution in [3.05, 3.63) is 54.4 Å². The van der Waals surface area contributed by atoms with E-state index < -0.39 is 0 Å². The van der Waals surface area contributed by atoms with E-state index in [2.05, 4.69) is 41.8 Å². The number of rotatable bonds is 3. The molecule has 0 fully saturated rings. The third kappa shape index (κ3) is 2.87. The minimum atomic E-state index is 0. The zero-order valence-corrected chi connectivity index (χ0v) is 14.9. The summed E-state index contributed by atoms with van der Waals surface area (Å²) in [6.45, 7) is 3.50. The van der Waals surface area contributed by atoms with Crippen molar-refractivity contribution in [1.82, 2.24) is 39.2 Å². The Morgan fingerprint density at radius 1 is 1.19 bits per heavy atom. The van der Waals surface area contributed by atoms with Gasteiger partial charge in [-0.15, -0.1) is 12.4 Å². The molecule has 1 aliphatic heterocycles. The zero-order valence-electron chi connectivity index (χ0n) is 14.1. The van der Waals surface area contributed by atoms with Gasteiger partial charge in [0.1, 0.15) is 12.0 Å². The highest BCUT2D eigenvalue weighted by atomic mass is 35.5. The summed E-state index contributed by atoms with van der Waals surface area (Å²) in [5, 5.41) is 12.5. The van der Waals surface area contributed by atoms with Crippen LogP contribution in [-0.2, 0) is 19.6 Å². The summed E-state index contributed by atoms with van der Waals surface area (Å²) < 4.78 is 6.05. The van der Waals surface area contributed by atoms with Crippen LogP contribution >= 0.6 is 12.4 Å². The normalized spacial score (nSPS) is 14.0. The maximum Gasteiger partial charge on any atom is 0.160 e. The predicted molar refractivity (Wildman–Crippen MR) is 99.1 cm³/mol. The lowest BCUT2D eigenvalue weighted by Gasteiger charge is -2.08. The number of aryl methyl sites for hydroxylation is 1. The van der Waals surface area contributed by atoms with E-state index in [-0.39, 0.29) is 12.4 Å². The number of nitrogens with zero attached hydrogens (tertiary/aromatic N) is 7. The van der Waals surface area contributed by atoms with Crippen LogP contribution in [0.2, 0.25) is 0 Å². The van der Waals surface area contributed by atoms with Gasteiger partial charge in [-0.1, -0.05) is 6.07 Å². The number of fused-ring (bicyclic) bond motifs is 2. The molecule has 0 aromatic carbocycles. The summed E-state index contributed by atoms with van der Waals surface area (Å²) in [6, 6.07) is 8.14. The number of hydrogen-bond acceptors (Lipinski definition) is 5. The van der Waals surface area contributed by atoms with Crippen molar-refractivity contribution in [3.8, 4) is 11.5 Å². The van der Waals surface area contributed by atoms with Gasteiger partial charge in [0.2, 0.25) is 0 Å². The number of imidazole rings is 1.